The van der Waals surface area contributed by atoms with Crippen molar-refractivity contribution in [3.05, 3.63) is 23.3 Å². The monoisotopic (exact) mass is 429 g/mol. The maximum absolute atomic E-state index is 12.0. The van der Waals surface area contributed by atoms with E-state index in [9.17, 15) is 9.90 Å². The topological polar surface area (TPSA) is 85.1 Å². The predicted octanol–water partition coefficient (Wildman–Crippen LogP) is 3.69. The smallest absolute Gasteiger partial charge is 0.155 e. The molecule has 3 fully saturated rings. The Bertz CT molecular complexity index is 805. The van der Waals surface area contributed by atoms with Crippen molar-refractivity contribution in [1.82, 2.24) is 0 Å². The van der Waals surface area contributed by atoms with E-state index in [1.807, 2.05) is 6.08 Å². The van der Waals surface area contributed by atoms with Crippen LogP contribution in [0.15, 0.2) is 23.3 Å². The molecule has 2 saturated carbocycles. The number of carbonyl (C=O) groups excluding carboxylic acids is 1. The Kier molecular flexibility index (Phi) is 5.48. The summed E-state index contributed by atoms with van der Waals surface area (Å²) >= 11 is 0. The maximum Gasteiger partial charge on any atom is 0.155 e. The first-order valence-corrected chi connectivity index (χ1v) is 12.4. The number of epoxide rings is 1. The number of rotatable bonds is 7. The summed E-state index contributed by atoms with van der Waals surface area (Å²) in [5, 5.41) is 11.9. The first kappa shape index (κ1) is 21.8. The summed E-state index contributed by atoms with van der Waals surface area (Å²) < 4.78 is 11.8. The molecule has 0 aromatic rings. The van der Waals surface area contributed by atoms with Gasteiger partial charge < -0.3 is 20.3 Å². The minimum Gasteiger partial charge on any atom is -0.386 e. The number of hydrogen-bond acceptors (Lipinski definition) is 5. The Labute approximate surface area is 186 Å². The number of ether oxygens (including phenoxy) is 2. The summed E-state index contributed by atoms with van der Waals surface area (Å²) in [7, 11) is 0. The van der Waals surface area contributed by atoms with Crippen LogP contribution in [0.2, 0.25) is 0 Å². The minimum atomic E-state index is -0.773. The van der Waals surface area contributed by atoms with Crippen molar-refractivity contribution >= 4 is 5.78 Å². The van der Waals surface area contributed by atoms with E-state index in [0.717, 1.165) is 51.4 Å². The van der Waals surface area contributed by atoms with Crippen LogP contribution in [0.1, 0.15) is 71.6 Å². The molecule has 0 amide bonds. The van der Waals surface area contributed by atoms with Gasteiger partial charge in [0.25, 0.3) is 0 Å². The first-order valence-electron chi connectivity index (χ1n) is 12.4. The van der Waals surface area contributed by atoms with Crippen molar-refractivity contribution in [3.8, 4) is 0 Å². The predicted molar refractivity (Wildman–Crippen MR) is 119 cm³/mol. The van der Waals surface area contributed by atoms with Gasteiger partial charge in [0.2, 0.25) is 0 Å². The van der Waals surface area contributed by atoms with Crippen molar-refractivity contribution in [2.45, 2.75) is 89.4 Å². The van der Waals surface area contributed by atoms with Gasteiger partial charge in [0.15, 0.2) is 5.78 Å². The van der Waals surface area contributed by atoms with Crippen LogP contribution >= 0.6 is 0 Å². The van der Waals surface area contributed by atoms with E-state index in [-0.39, 0.29) is 23.0 Å². The van der Waals surface area contributed by atoms with Gasteiger partial charge >= 0.3 is 0 Å². The lowest BCUT2D eigenvalue weighted by Gasteiger charge is -2.54. The van der Waals surface area contributed by atoms with Crippen LogP contribution in [-0.4, -0.2) is 48.5 Å². The molecule has 0 aromatic heterocycles. The third kappa shape index (κ3) is 3.30. The molecule has 5 aliphatic rings. The fourth-order valence-corrected chi connectivity index (χ4v) is 7.61. The standard InChI is InChI=1S/C26H39NO4/c1-24-10-7-18(28)15-17(24)5-6-19-20(24)8-11-25(2)21(19)9-12-26(25,29)23-22(31-23)16-30-14-4-3-13-27/h8,15,19,21-23,29H,3-7,9-14,16,27H2,1-2H3/t19?,21?,22?,23?,24-,25-,26-/m0/s1. The summed E-state index contributed by atoms with van der Waals surface area (Å²) in [4.78, 5) is 12.0. The van der Waals surface area contributed by atoms with Crippen molar-refractivity contribution in [2.75, 3.05) is 19.8 Å². The summed E-state index contributed by atoms with van der Waals surface area (Å²) in [5.41, 5.74) is 7.57. The van der Waals surface area contributed by atoms with Crippen LogP contribution < -0.4 is 5.73 Å². The lowest BCUT2D eigenvalue weighted by molar-refractivity contribution is -0.116. The fourth-order valence-electron chi connectivity index (χ4n) is 7.61. The molecule has 1 saturated heterocycles. The molecule has 0 bridgehead atoms. The van der Waals surface area contributed by atoms with E-state index >= 15 is 0 Å². The fraction of sp³-hybridized carbons (Fsp3) is 0.808. The van der Waals surface area contributed by atoms with Crippen molar-refractivity contribution in [1.29, 1.82) is 0 Å². The van der Waals surface area contributed by atoms with E-state index in [1.54, 1.807) is 5.57 Å². The molecule has 1 heterocycles. The van der Waals surface area contributed by atoms with Gasteiger partial charge in [0.1, 0.15) is 12.2 Å². The Morgan fingerprint density at radius 2 is 2.06 bits per heavy atom. The summed E-state index contributed by atoms with van der Waals surface area (Å²) in [6, 6.07) is 0. The van der Waals surface area contributed by atoms with Gasteiger partial charge in [0.05, 0.1) is 12.2 Å². The molecule has 0 aromatic carbocycles. The largest absolute Gasteiger partial charge is 0.386 e. The van der Waals surface area contributed by atoms with Gasteiger partial charge in [-0.25, -0.2) is 0 Å². The van der Waals surface area contributed by atoms with E-state index in [1.165, 1.54) is 5.57 Å². The van der Waals surface area contributed by atoms with Gasteiger partial charge in [-0.2, -0.15) is 0 Å². The Balaban J connectivity index is 1.31. The minimum absolute atomic E-state index is 0.0200. The van der Waals surface area contributed by atoms with Gasteiger partial charge in [-0.3, -0.25) is 4.79 Å². The zero-order valence-corrected chi connectivity index (χ0v) is 19.2. The number of unbranched alkanes of at least 4 members (excludes halogenated alkanes) is 1. The highest BCUT2D eigenvalue weighted by Crippen LogP contribution is 2.67. The van der Waals surface area contributed by atoms with Crippen LogP contribution in [-0.2, 0) is 14.3 Å². The Morgan fingerprint density at radius 3 is 2.87 bits per heavy atom. The Morgan fingerprint density at radius 1 is 1.23 bits per heavy atom. The number of ketones is 1. The molecular weight excluding hydrogens is 390 g/mol. The quantitative estimate of drug-likeness (QED) is 0.366. The molecule has 5 heteroatoms. The van der Waals surface area contributed by atoms with Gasteiger partial charge in [-0.1, -0.05) is 31.1 Å². The first-order chi connectivity index (χ1) is 14.8. The number of allylic oxidation sites excluding steroid dienone is 4. The van der Waals surface area contributed by atoms with Crippen molar-refractivity contribution in [3.63, 3.8) is 0 Å². The molecule has 0 spiro atoms. The number of hydrogen-bond donors (Lipinski definition) is 2. The molecule has 172 valence electrons. The number of nitrogens with two attached hydrogens (primary N) is 1. The summed E-state index contributed by atoms with van der Waals surface area (Å²) in [6.45, 7) is 6.65. The molecule has 4 unspecified atom stereocenters. The van der Waals surface area contributed by atoms with Crippen LogP contribution in [0.4, 0.5) is 0 Å². The number of aliphatic hydroxyl groups is 1. The van der Waals surface area contributed by atoms with Crippen molar-refractivity contribution < 1.29 is 19.4 Å². The molecule has 4 aliphatic carbocycles. The zero-order valence-electron chi connectivity index (χ0n) is 19.2. The summed E-state index contributed by atoms with van der Waals surface area (Å²) in [6.07, 6.45) is 12.8. The van der Waals surface area contributed by atoms with Gasteiger partial charge in [-0.05, 0) is 75.8 Å². The number of fused-ring (bicyclic) bond motifs is 5. The SMILES string of the molecule is C[C@]12CCC(=O)C=C1CCC1C2=CC[C@@]2(C)C1CC[C@]2(O)C1OC1COCCCCN. The molecule has 0 radical (unpaired) electrons. The van der Waals surface area contributed by atoms with Crippen LogP contribution in [0.5, 0.6) is 0 Å². The van der Waals surface area contributed by atoms with Gasteiger partial charge in [0, 0.05) is 23.9 Å². The third-order valence-electron chi connectivity index (χ3n) is 9.63. The lowest BCUT2D eigenvalue weighted by atomic mass is 9.50. The molecule has 5 rings (SSSR count). The third-order valence-corrected chi connectivity index (χ3v) is 9.63. The highest BCUT2D eigenvalue weighted by Gasteiger charge is 2.69. The zero-order chi connectivity index (χ0) is 21.9. The average Bonchev–Trinajstić information content (AvgIpc) is 3.47. The lowest BCUT2D eigenvalue weighted by Crippen LogP contribution is -2.54. The van der Waals surface area contributed by atoms with Crippen LogP contribution in [0.25, 0.3) is 0 Å². The highest BCUT2D eigenvalue weighted by atomic mass is 16.6. The normalized spacial score (nSPS) is 46.0. The molecule has 1 aliphatic heterocycles. The van der Waals surface area contributed by atoms with Crippen LogP contribution in [0, 0.1) is 22.7 Å². The summed E-state index contributed by atoms with van der Waals surface area (Å²) in [5.74, 6) is 1.31. The average molecular weight is 430 g/mol. The van der Waals surface area contributed by atoms with E-state index in [4.69, 9.17) is 15.2 Å². The second-order valence-corrected chi connectivity index (χ2v) is 11.1. The molecule has 5 nitrogen and oxygen atoms in total. The maximum atomic E-state index is 12.0. The Hall–Kier alpha value is -1.01. The van der Waals surface area contributed by atoms with Crippen molar-refractivity contribution in [2.24, 2.45) is 28.4 Å². The molecule has 3 N–H and O–H groups in total. The molecular formula is C26H39NO4. The molecule has 31 heavy (non-hydrogen) atoms. The highest BCUT2D eigenvalue weighted by molar-refractivity contribution is 5.92. The van der Waals surface area contributed by atoms with Gasteiger partial charge in [-0.15, -0.1) is 0 Å². The number of carbonyl (C=O) groups is 1. The second-order valence-electron chi connectivity index (χ2n) is 11.1. The van der Waals surface area contributed by atoms with E-state index in [0.29, 0.717) is 43.8 Å². The van der Waals surface area contributed by atoms with E-state index < -0.39 is 5.60 Å². The molecule has 7 atom stereocenters. The second kappa shape index (κ2) is 7.79. The van der Waals surface area contributed by atoms with E-state index in [2.05, 4.69) is 19.9 Å². The van der Waals surface area contributed by atoms with Crippen LogP contribution in [0.3, 0.4) is 0 Å².